The zero-order chi connectivity index (χ0) is 28.8. The number of carbonyl (C=O) groups is 3. The van der Waals surface area contributed by atoms with E-state index >= 15 is 0 Å². The molecule has 0 radical (unpaired) electrons. The number of furan rings is 1. The van der Waals surface area contributed by atoms with E-state index in [9.17, 15) is 19.5 Å². The number of nitrogens with zero attached hydrogens (tertiary/aromatic N) is 1. The van der Waals surface area contributed by atoms with E-state index in [4.69, 9.17) is 23.4 Å². The number of likely N-dealkylation sites (tertiary alicyclic amines) is 1. The number of fused-ring (bicyclic) bond motifs is 1. The van der Waals surface area contributed by atoms with Crippen LogP contribution in [0.3, 0.4) is 0 Å². The summed E-state index contributed by atoms with van der Waals surface area (Å²) in [6.07, 6.45) is 0. The number of carboxylic acids is 1. The highest BCUT2D eigenvalue weighted by molar-refractivity contribution is 6.03. The van der Waals surface area contributed by atoms with Gasteiger partial charge in [0.2, 0.25) is 12.7 Å². The van der Waals surface area contributed by atoms with E-state index in [1.165, 1.54) is 26.0 Å². The van der Waals surface area contributed by atoms with Gasteiger partial charge in [-0.3, -0.25) is 9.59 Å². The number of aryl methyl sites for hydroxylation is 2. The van der Waals surface area contributed by atoms with Gasteiger partial charge in [-0.15, -0.1) is 0 Å². The fourth-order valence-corrected chi connectivity index (χ4v) is 6.12. The second kappa shape index (κ2) is 10.3. The molecule has 3 aromatic rings. The number of rotatable bonds is 8. The van der Waals surface area contributed by atoms with Crippen molar-refractivity contribution < 1.29 is 42.9 Å². The lowest BCUT2D eigenvalue weighted by Crippen LogP contribution is -2.55. The molecule has 5 rings (SSSR count). The number of ketones is 1. The minimum absolute atomic E-state index is 0.0347. The summed E-state index contributed by atoms with van der Waals surface area (Å²) in [7, 11) is 2.89. The van der Waals surface area contributed by atoms with Crippen LogP contribution in [0.5, 0.6) is 17.2 Å². The van der Waals surface area contributed by atoms with Gasteiger partial charge in [-0.05, 0) is 62.2 Å². The van der Waals surface area contributed by atoms with Crippen LogP contribution in [0.4, 0.5) is 0 Å². The lowest BCUT2D eigenvalue weighted by molar-refractivity contribution is -0.159. The molecular weight excluding hydrogens is 518 g/mol. The Bertz CT molecular complexity index is 1460. The van der Waals surface area contributed by atoms with E-state index in [0.717, 1.165) is 0 Å². The van der Waals surface area contributed by atoms with Crippen molar-refractivity contribution in [3.05, 3.63) is 76.7 Å². The smallest absolute Gasteiger partial charge is 0.330 e. The molecular formula is C30H31NO9. The van der Waals surface area contributed by atoms with Gasteiger partial charge in [0.25, 0.3) is 0 Å². The van der Waals surface area contributed by atoms with Crippen molar-refractivity contribution in [2.45, 2.75) is 38.3 Å². The van der Waals surface area contributed by atoms with Gasteiger partial charge in [0, 0.05) is 13.0 Å². The van der Waals surface area contributed by atoms with Gasteiger partial charge in [0.15, 0.2) is 17.3 Å². The fraction of sp³-hybridized carbons (Fsp3) is 0.367. The van der Waals surface area contributed by atoms with E-state index < -0.39 is 35.3 Å². The number of amides is 1. The number of ether oxygens (including phenoxy) is 4. The Hall–Kier alpha value is -4.31. The number of carboxylic acid groups (broad SMARTS) is 1. The Kier molecular flexibility index (Phi) is 7.05. The lowest BCUT2D eigenvalue weighted by Gasteiger charge is -2.37. The number of aliphatic carboxylic acids is 1. The molecule has 0 aliphatic carbocycles. The summed E-state index contributed by atoms with van der Waals surface area (Å²) in [5.74, 6) is -1.60. The van der Waals surface area contributed by atoms with Crippen molar-refractivity contribution in [2.75, 3.05) is 27.6 Å². The molecule has 1 fully saturated rings. The van der Waals surface area contributed by atoms with Gasteiger partial charge in [0.05, 0.1) is 24.6 Å². The zero-order valence-electron chi connectivity index (χ0n) is 22.9. The standard InChI is InChI=1S/C30H31NO9/c1-16-12-21(17(2)40-16)28(33)25-26(18-6-9-20(37-5)10-7-18)30(3,29(34)35)31(24(32)14-36-4)27(25)19-8-11-22-23(13-19)39-15-38-22/h6-13,25-27H,14-15H2,1-5H3,(H,34,35). The van der Waals surface area contributed by atoms with Crippen LogP contribution in [-0.2, 0) is 14.3 Å². The highest BCUT2D eigenvalue weighted by Crippen LogP contribution is 2.57. The minimum atomic E-state index is -1.84. The molecule has 4 unspecified atom stereocenters. The molecule has 40 heavy (non-hydrogen) atoms. The first-order chi connectivity index (χ1) is 19.1. The van der Waals surface area contributed by atoms with Gasteiger partial charge >= 0.3 is 5.97 Å². The molecule has 10 nitrogen and oxygen atoms in total. The van der Waals surface area contributed by atoms with E-state index in [1.54, 1.807) is 62.4 Å². The quantitative estimate of drug-likeness (QED) is 0.410. The van der Waals surface area contributed by atoms with Crippen molar-refractivity contribution in [3.8, 4) is 17.2 Å². The van der Waals surface area contributed by atoms with Crippen LogP contribution in [0.1, 0.15) is 51.9 Å². The van der Waals surface area contributed by atoms with Gasteiger partial charge in [-0.25, -0.2) is 4.79 Å². The second-order valence-corrected chi connectivity index (χ2v) is 10.2. The molecule has 2 aromatic carbocycles. The number of hydrogen-bond donors (Lipinski definition) is 1. The molecule has 2 aliphatic rings. The summed E-state index contributed by atoms with van der Waals surface area (Å²) in [6.45, 7) is 4.58. The highest BCUT2D eigenvalue weighted by atomic mass is 16.7. The number of carbonyl (C=O) groups excluding carboxylic acids is 2. The first-order valence-corrected chi connectivity index (χ1v) is 12.8. The summed E-state index contributed by atoms with van der Waals surface area (Å²) in [5, 5.41) is 10.8. The van der Waals surface area contributed by atoms with E-state index in [1.807, 2.05) is 0 Å². The van der Waals surface area contributed by atoms with Crippen LogP contribution in [0.25, 0.3) is 0 Å². The molecule has 1 amide bonds. The van der Waals surface area contributed by atoms with Crippen molar-refractivity contribution in [1.29, 1.82) is 0 Å². The van der Waals surface area contributed by atoms with Crippen LogP contribution in [-0.4, -0.2) is 60.8 Å². The monoisotopic (exact) mass is 549 g/mol. The molecule has 1 aromatic heterocycles. The molecule has 10 heteroatoms. The molecule has 0 spiro atoms. The van der Waals surface area contributed by atoms with Crippen LogP contribution < -0.4 is 14.2 Å². The zero-order valence-corrected chi connectivity index (χ0v) is 22.9. The Labute approximate surface area is 231 Å². The molecule has 210 valence electrons. The molecule has 4 atom stereocenters. The highest BCUT2D eigenvalue weighted by Gasteiger charge is 2.65. The first-order valence-electron chi connectivity index (χ1n) is 12.8. The molecule has 2 aliphatic heterocycles. The first kappa shape index (κ1) is 27.3. The Morgan fingerprint density at radius 2 is 1.68 bits per heavy atom. The number of benzene rings is 2. The molecule has 3 heterocycles. The summed E-state index contributed by atoms with van der Waals surface area (Å²) >= 11 is 0. The lowest BCUT2D eigenvalue weighted by atomic mass is 9.71. The average molecular weight is 550 g/mol. The Balaban J connectivity index is 1.80. The van der Waals surface area contributed by atoms with E-state index in [0.29, 0.717) is 45.5 Å². The van der Waals surface area contributed by atoms with Gasteiger partial charge in [0.1, 0.15) is 29.4 Å². The van der Waals surface area contributed by atoms with Crippen molar-refractivity contribution in [3.63, 3.8) is 0 Å². The third-order valence-electron chi connectivity index (χ3n) is 7.88. The molecule has 0 bridgehead atoms. The summed E-state index contributed by atoms with van der Waals surface area (Å²) in [6, 6.07) is 12.7. The predicted octanol–water partition coefficient (Wildman–Crippen LogP) is 4.29. The van der Waals surface area contributed by atoms with Crippen LogP contribution in [0.15, 0.2) is 52.9 Å². The second-order valence-electron chi connectivity index (χ2n) is 10.2. The summed E-state index contributed by atoms with van der Waals surface area (Å²) < 4.78 is 27.3. The third-order valence-corrected chi connectivity index (χ3v) is 7.88. The SMILES string of the molecule is COCC(=O)N1C(c2ccc3c(c2)OCO3)C(C(=O)c2cc(C)oc2C)C(c2ccc(OC)cc2)C1(C)C(=O)O. The Morgan fingerprint density at radius 3 is 2.27 bits per heavy atom. The van der Waals surface area contributed by atoms with E-state index in [2.05, 4.69) is 0 Å². The maximum atomic E-state index is 14.5. The molecule has 0 saturated carbocycles. The summed E-state index contributed by atoms with van der Waals surface area (Å²) in [5.41, 5.74) is -0.396. The maximum Gasteiger partial charge on any atom is 0.330 e. The Morgan fingerprint density at radius 1 is 1.00 bits per heavy atom. The van der Waals surface area contributed by atoms with Gasteiger partial charge < -0.3 is 33.4 Å². The molecule has 1 N–H and O–H groups in total. The number of Topliss-reactive ketones (excluding diaryl/α,β-unsaturated/α-hetero) is 1. The summed E-state index contributed by atoms with van der Waals surface area (Å²) in [4.78, 5) is 42.8. The largest absolute Gasteiger partial charge is 0.497 e. The maximum absolute atomic E-state index is 14.5. The van der Waals surface area contributed by atoms with Gasteiger partial charge in [-0.2, -0.15) is 0 Å². The van der Waals surface area contributed by atoms with Crippen molar-refractivity contribution >= 4 is 17.7 Å². The third kappa shape index (κ3) is 4.28. The van der Waals surface area contributed by atoms with Crippen molar-refractivity contribution in [1.82, 2.24) is 4.90 Å². The average Bonchev–Trinajstić information content (AvgIpc) is 3.61. The van der Waals surface area contributed by atoms with Crippen molar-refractivity contribution in [2.24, 2.45) is 5.92 Å². The van der Waals surface area contributed by atoms with Crippen LogP contribution in [0.2, 0.25) is 0 Å². The number of methoxy groups -OCH3 is 2. The topological polar surface area (TPSA) is 125 Å². The van der Waals surface area contributed by atoms with Crippen LogP contribution >= 0.6 is 0 Å². The van der Waals surface area contributed by atoms with Gasteiger partial charge in [-0.1, -0.05) is 18.2 Å². The minimum Gasteiger partial charge on any atom is -0.497 e. The number of hydrogen-bond acceptors (Lipinski definition) is 8. The predicted molar refractivity (Wildman–Crippen MR) is 142 cm³/mol. The molecule has 1 saturated heterocycles. The van der Waals surface area contributed by atoms with E-state index in [-0.39, 0.29) is 19.2 Å². The fourth-order valence-electron chi connectivity index (χ4n) is 6.12. The van der Waals surface area contributed by atoms with Crippen LogP contribution in [0, 0.1) is 19.8 Å². The normalized spacial score (nSPS) is 23.3.